The van der Waals surface area contributed by atoms with Gasteiger partial charge >= 0.3 is 0 Å². The van der Waals surface area contributed by atoms with E-state index in [-0.39, 0.29) is 10.7 Å². The van der Waals surface area contributed by atoms with Crippen LogP contribution in [-0.2, 0) is 15.4 Å². The largest absolute Gasteiger partial charge is 0.383 e. The Morgan fingerprint density at radius 1 is 1.91 bits per heavy atom. The predicted octanol–water partition coefficient (Wildman–Crippen LogP) is 1.48. The Morgan fingerprint density at radius 3 is 3.09 bits per heavy atom. The zero-order valence-corrected chi connectivity index (χ0v) is 8.74. The summed E-state index contributed by atoms with van der Waals surface area (Å²) in [6, 6.07) is 0. The van der Waals surface area contributed by atoms with Gasteiger partial charge in [-0.25, -0.2) is 0 Å². The molecule has 0 bridgehead atoms. The molecule has 0 aromatic carbocycles. The van der Waals surface area contributed by atoms with Crippen molar-refractivity contribution in [2.24, 2.45) is 0 Å². The van der Waals surface area contributed by atoms with Crippen molar-refractivity contribution >= 4 is 26.6 Å². The highest BCUT2D eigenvalue weighted by molar-refractivity contribution is 9.13. The highest BCUT2D eigenvalue weighted by Gasteiger charge is 2.13. The number of ether oxygens (including phenoxy) is 1. The summed E-state index contributed by atoms with van der Waals surface area (Å²) in [6.07, 6.45) is 1.98. The van der Waals surface area contributed by atoms with Crippen molar-refractivity contribution in [3.05, 3.63) is 10.0 Å². The highest BCUT2D eigenvalue weighted by Crippen LogP contribution is 2.20. The third-order valence-electron chi connectivity index (χ3n) is 1.40. The summed E-state index contributed by atoms with van der Waals surface area (Å²) in [5, 5.41) is 0. The Balaban J connectivity index is 2.35. The fourth-order valence-corrected chi connectivity index (χ4v) is 2.34. The molecule has 5 heteroatoms. The summed E-state index contributed by atoms with van der Waals surface area (Å²) in [7, 11) is 1.34. The van der Waals surface area contributed by atoms with Crippen LogP contribution < -0.4 is 0 Å². The molecule has 0 aliphatic carbocycles. The van der Waals surface area contributed by atoms with Crippen molar-refractivity contribution in [2.45, 2.75) is 0 Å². The first-order valence-electron chi connectivity index (χ1n) is 3.26. The van der Waals surface area contributed by atoms with Gasteiger partial charge in [-0.05, 0) is 26.6 Å². The van der Waals surface area contributed by atoms with Gasteiger partial charge in [-0.15, -0.1) is 0 Å². The van der Waals surface area contributed by atoms with Gasteiger partial charge < -0.3 is 9.64 Å². The Hall–Kier alpha value is 0.130. The molecule has 0 aromatic heterocycles. The molecule has 1 rings (SSSR count). The minimum absolute atomic E-state index is 0.353. The van der Waals surface area contributed by atoms with Crippen LogP contribution in [0.15, 0.2) is 10.0 Å². The number of hydrogen-bond acceptors (Lipinski definition) is 3. The zero-order chi connectivity index (χ0) is 8.27. The van der Waals surface area contributed by atoms with Gasteiger partial charge in [0.25, 0.3) is 0 Å². The van der Waals surface area contributed by atoms with Crippen LogP contribution in [-0.4, -0.2) is 31.0 Å². The first-order chi connectivity index (χ1) is 5.24. The molecular formula is C6H11BrN2OS. The van der Waals surface area contributed by atoms with Crippen LogP contribution in [0.25, 0.3) is 0 Å². The van der Waals surface area contributed by atoms with Gasteiger partial charge in [-0.3, -0.25) is 4.78 Å². The minimum atomic E-state index is -0.353. The number of rotatable bonds is 3. The van der Waals surface area contributed by atoms with Crippen LogP contribution in [0.2, 0.25) is 0 Å². The molecular weight excluding hydrogens is 228 g/mol. The molecule has 1 unspecified atom stereocenters. The Kier molecular flexibility index (Phi) is 3.54. The van der Waals surface area contributed by atoms with Crippen LogP contribution in [0.3, 0.4) is 0 Å². The summed E-state index contributed by atoms with van der Waals surface area (Å²) in [4.78, 5) is 2.10. The summed E-state index contributed by atoms with van der Waals surface area (Å²) >= 11 is 3.34. The SMILES string of the molecule is COCCN1C=C(Br)S(=N)C1. The first kappa shape index (κ1) is 9.22. The van der Waals surface area contributed by atoms with Crippen LogP contribution in [0.4, 0.5) is 0 Å². The van der Waals surface area contributed by atoms with E-state index in [0.717, 1.165) is 22.8 Å². The van der Waals surface area contributed by atoms with E-state index in [9.17, 15) is 0 Å². The predicted molar refractivity (Wildman–Crippen MR) is 50.5 cm³/mol. The molecule has 1 N–H and O–H groups in total. The van der Waals surface area contributed by atoms with Crippen LogP contribution in [0, 0.1) is 4.78 Å². The van der Waals surface area contributed by atoms with Crippen LogP contribution in [0.5, 0.6) is 0 Å². The van der Waals surface area contributed by atoms with E-state index >= 15 is 0 Å². The standard InChI is InChI=1S/C6H11BrN2OS/c1-10-3-2-9-4-6(7)11(8)5-9/h4,8H,2-3,5H2,1H3. The number of halogens is 1. The third-order valence-corrected chi connectivity index (χ3v) is 3.94. The minimum Gasteiger partial charge on any atom is -0.383 e. The number of nitrogens with zero attached hydrogens (tertiary/aromatic N) is 1. The van der Waals surface area contributed by atoms with Crippen molar-refractivity contribution in [1.29, 1.82) is 4.78 Å². The van der Waals surface area contributed by atoms with E-state index < -0.39 is 0 Å². The van der Waals surface area contributed by atoms with Gasteiger partial charge in [0, 0.05) is 19.9 Å². The molecule has 1 aliphatic rings. The molecule has 1 heterocycles. The van der Waals surface area contributed by atoms with Crippen molar-refractivity contribution in [3.8, 4) is 0 Å². The number of hydrogen-bond donors (Lipinski definition) is 1. The molecule has 0 aromatic rings. The van der Waals surface area contributed by atoms with Crippen molar-refractivity contribution in [3.63, 3.8) is 0 Å². The maximum atomic E-state index is 7.53. The molecule has 0 spiro atoms. The topological polar surface area (TPSA) is 36.3 Å². The summed E-state index contributed by atoms with van der Waals surface area (Å²) in [6.45, 7) is 1.61. The Morgan fingerprint density at radius 2 is 2.64 bits per heavy atom. The second-order valence-corrected chi connectivity index (χ2v) is 5.12. The normalized spacial score (nSPS) is 24.0. The fourth-order valence-electron chi connectivity index (χ4n) is 0.810. The molecule has 11 heavy (non-hydrogen) atoms. The smallest absolute Gasteiger partial charge is 0.0789 e. The lowest BCUT2D eigenvalue weighted by atomic mass is 10.6. The van der Waals surface area contributed by atoms with E-state index in [1.807, 2.05) is 6.20 Å². The van der Waals surface area contributed by atoms with Crippen molar-refractivity contribution in [1.82, 2.24) is 4.90 Å². The number of methoxy groups -OCH3 is 1. The second kappa shape index (κ2) is 4.23. The molecule has 0 amide bonds. The average molecular weight is 239 g/mol. The van der Waals surface area contributed by atoms with Crippen molar-refractivity contribution in [2.75, 3.05) is 26.1 Å². The Bertz CT molecular complexity index is 195. The molecule has 0 saturated heterocycles. The quantitative estimate of drug-likeness (QED) is 0.809. The van der Waals surface area contributed by atoms with E-state index in [1.165, 1.54) is 0 Å². The molecule has 3 nitrogen and oxygen atoms in total. The van der Waals surface area contributed by atoms with Crippen LogP contribution >= 0.6 is 15.9 Å². The van der Waals surface area contributed by atoms with E-state index in [0.29, 0.717) is 0 Å². The summed E-state index contributed by atoms with van der Waals surface area (Å²) in [5.74, 6) is 0.809. The summed E-state index contributed by atoms with van der Waals surface area (Å²) < 4.78 is 13.5. The number of nitrogens with one attached hydrogen (secondary N) is 1. The van der Waals surface area contributed by atoms with Gasteiger partial charge in [0.1, 0.15) is 0 Å². The lowest BCUT2D eigenvalue weighted by Crippen LogP contribution is -2.20. The summed E-state index contributed by atoms with van der Waals surface area (Å²) in [5.41, 5.74) is 0. The van der Waals surface area contributed by atoms with Gasteiger partial charge in [0.05, 0.1) is 16.3 Å². The van der Waals surface area contributed by atoms with Gasteiger partial charge in [-0.2, -0.15) is 0 Å². The molecule has 0 fully saturated rings. The van der Waals surface area contributed by atoms with Crippen LogP contribution in [0.1, 0.15) is 0 Å². The fraction of sp³-hybridized carbons (Fsp3) is 0.667. The lowest BCUT2D eigenvalue weighted by molar-refractivity contribution is 0.176. The maximum Gasteiger partial charge on any atom is 0.0789 e. The molecule has 1 atom stereocenters. The zero-order valence-electron chi connectivity index (χ0n) is 6.34. The maximum absolute atomic E-state index is 7.53. The lowest BCUT2D eigenvalue weighted by Gasteiger charge is -2.12. The van der Waals surface area contributed by atoms with Gasteiger partial charge in [0.15, 0.2) is 0 Å². The van der Waals surface area contributed by atoms with Gasteiger partial charge in [0.2, 0.25) is 0 Å². The molecule has 0 saturated carbocycles. The van der Waals surface area contributed by atoms with E-state index in [2.05, 4.69) is 20.8 Å². The Labute approximate surface area is 77.4 Å². The monoisotopic (exact) mass is 238 g/mol. The third kappa shape index (κ3) is 2.57. The molecule has 64 valence electrons. The van der Waals surface area contributed by atoms with Crippen molar-refractivity contribution < 1.29 is 4.74 Å². The molecule has 1 aliphatic heterocycles. The van der Waals surface area contributed by atoms with Gasteiger partial charge in [-0.1, -0.05) is 0 Å². The highest BCUT2D eigenvalue weighted by atomic mass is 79.9. The average Bonchev–Trinajstić information content (AvgIpc) is 2.28. The van der Waals surface area contributed by atoms with E-state index in [4.69, 9.17) is 9.52 Å². The second-order valence-electron chi connectivity index (χ2n) is 2.26. The molecule has 0 radical (unpaired) electrons. The first-order valence-corrected chi connectivity index (χ1v) is 5.45. The van der Waals surface area contributed by atoms with E-state index in [1.54, 1.807) is 7.11 Å².